The van der Waals surface area contributed by atoms with E-state index in [1.54, 1.807) is 30.3 Å². The van der Waals surface area contributed by atoms with E-state index in [1.807, 2.05) is 30.3 Å². The summed E-state index contributed by atoms with van der Waals surface area (Å²) in [5, 5.41) is 23.1. The zero-order chi connectivity index (χ0) is 26.2. The van der Waals surface area contributed by atoms with Gasteiger partial charge in [-0.1, -0.05) is 48.5 Å². The van der Waals surface area contributed by atoms with Crippen molar-refractivity contribution in [2.24, 2.45) is 0 Å². The topological polar surface area (TPSA) is 132 Å². The number of aromatic nitrogens is 4. The Bertz CT molecular complexity index is 1400. The monoisotopic (exact) mass is 507 g/mol. The molecule has 1 fully saturated rings. The van der Waals surface area contributed by atoms with Crippen molar-refractivity contribution in [2.45, 2.75) is 50.7 Å². The molecule has 5 rings (SSSR count). The lowest BCUT2D eigenvalue weighted by Gasteiger charge is -2.24. The van der Waals surface area contributed by atoms with Crippen LogP contribution in [0.4, 0.5) is 10.3 Å². The van der Waals surface area contributed by atoms with Crippen LogP contribution in [-0.4, -0.2) is 59.6 Å². The van der Waals surface area contributed by atoms with Crippen LogP contribution < -0.4 is 10.1 Å². The van der Waals surface area contributed by atoms with E-state index in [0.717, 1.165) is 5.56 Å². The number of halogens is 1. The zero-order valence-electron chi connectivity index (χ0n) is 20.2. The Balaban J connectivity index is 1.55. The van der Waals surface area contributed by atoms with Crippen LogP contribution in [0.5, 0.6) is 5.88 Å². The molecule has 0 saturated carbocycles. The number of nitrogens with one attached hydrogen (secondary N) is 1. The van der Waals surface area contributed by atoms with Crippen molar-refractivity contribution in [1.29, 1.82) is 0 Å². The van der Waals surface area contributed by atoms with Crippen molar-refractivity contribution in [3.05, 3.63) is 78.1 Å². The maximum atomic E-state index is 15.7. The van der Waals surface area contributed by atoms with Gasteiger partial charge in [0.2, 0.25) is 11.8 Å². The molecule has 0 radical (unpaired) electrons. The molecule has 1 saturated heterocycles. The smallest absolute Gasteiger partial charge is 0.258 e. The second-order valence-corrected chi connectivity index (χ2v) is 9.06. The van der Waals surface area contributed by atoms with E-state index in [1.165, 1.54) is 24.7 Å². The average Bonchev–Trinajstić information content (AvgIpc) is 3.41. The lowest BCUT2D eigenvalue weighted by Crippen LogP contribution is -2.42. The van der Waals surface area contributed by atoms with Crippen LogP contribution in [0.2, 0.25) is 0 Å². The second kappa shape index (κ2) is 9.85. The van der Waals surface area contributed by atoms with E-state index in [9.17, 15) is 15.0 Å². The third-order valence-electron chi connectivity index (χ3n) is 6.26. The number of hydrogen-bond donors (Lipinski definition) is 3. The summed E-state index contributed by atoms with van der Waals surface area (Å²) in [6.45, 7) is 2.76. The van der Waals surface area contributed by atoms with Crippen molar-refractivity contribution >= 4 is 23.0 Å². The van der Waals surface area contributed by atoms with E-state index in [4.69, 9.17) is 9.47 Å². The van der Waals surface area contributed by atoms with Gasteiger partial charge in [-0.3, -0.25) is 14.7 Å². The molecule has 0 aliphatic carbocycles. The Hall–Kier alpha value is -3.93. The molecule has 5 unspecified atom stereocenters. The average molecular weight is 508 g/mol. The molecular weight excluding hydrogens is 481 g/mol. The number of carbonyl (C=O) groups excluding carboxylic acids is 1. The normalized spacial score (nSPS) is 24.2. The van der Waals surface area contributed by atoms with Gasteiger partial charge in [0.1, 0.15) is 18.8 Å². The van der Waals surface area contributed by atoms with Crippen LogP contribution in [-0.2, 0) is 11.3 Å². The summed E-state index contributed by atoms with van der Waals surface area (Å²) in [5.74, 6) is -0.462. The fourth-order valence-electron chi connectivity index (χ4n) is 4.25. The first-order chi connectivity index (χ1) is 17.8. The second-order valence-electron chi connectivity index (χ2n) is 9.06. The highest BCUT2D eigenvalue weighted by Crippen LogP contribution is 2.43. The van der Waals surface area contributed by atoms with Crippen LogP contribution in [0.3, 0.4) is 0 Å². The van der Waals surface area contributed by atoms with Gasteiger partial charge >= 0.3 is 0 Å². The summed E-state index contributed by atoms with van der Waals surface area (Å²) in [7, 11) is 0. The Morgan fingerprint density at radius 2 is 1.86 bits per heavy atom. The van der Waals surface area contributed by atoms with Crippen LogP contribution in [0, 0.1) is 0 Å². The maximum Gasteiger partial charge on any atom is 0.258 e. The molecular formula is C26H26FN5O5. The van der Waals surface area contributed by atoms with Gasteiger partial charge in [0, 0.05) is 5.56 Å². The third kappa shape index (κ3) is 4.76. The number of amides is 1. The number of fused-ring (bicyclic) bond motifs is 1. The predicted molar refractivity (Wildman–Crippen MR) is 132 cm³/mol. The molecule has 37 heavy (non-hydrogen) atoms. The van der Waals surface area contributed by atoms with Crippen LogP contribution in [0.15, 0.2) is 67.0 Å². The van der Waals surface area contributed by atoms with Gasteiger partial charge in [0.25, 0.3) is 5.91 Å². The van der Waals surface area contributed by atoms with Gasteiger partial charge in [0.05, 0.1) is 12.4 Å². The highest BCUT2D eigenvalue weighted by molar-refractivity contribution is 6.03. The van der Waals surface area contributed by atoms with E-state index >= 15 is 4.39 Å². The highest BCUT2D eigenvalue weighted by Gasteiger charge is 2.56. The molecule has 3 N–H and O–H groups in total. The Morgan fingerprint density at radius 1 is 1.19 bits per heavy atom. The summed E-state index contributed by atoms with van der Waals surface area (Å²) < 4.78 is 28.7. The Kier molecular flexibility index (Phi) is 6.59. The van der Waals surface area contributed by atoms with Crippen molar-refractivity contribution in [3.63, 3.8) is 0 Å². The lowest BCUT2D eigenvalue weighted by atomic mass is 9.96. The number of ether oxygens (including phenoxy) is 2. The number of anilines is 1. The number of aliphatic hydroxyl groups excluding tert-OH is 2. The fourth-order valence-corrected chi connectivity index (χ4v) is 4.25. The summed E-state index contributed by atoms with van der Waals surface area (Å²) >= 11 is 0. The molecule has 1 aliphatic heterocycles. The maximum absolute atomic E-state index is 15.7. The lowest BCUT2D eigenvalue weighted by molar-refractivity contribution is -0.0795. The van der Waals surface area contributed by atoms with E-state index < -0.39 is 36.1 Å². The van der Waals surface area contributed by atoms with Gasteiger partial charge < -0.3 is 19.7 Å². The number of aliphatic hydroxyl groups is 2. The summed E-state index contributed by atoms with van der Waals surface area (Å²) in [4.78, 5) is 25.9. The minimum absolute atomic E-state index is 0.0714. The molecule has 3 heterocycles. The first-order valence-electron chi connectivity index (χ1n) is 11.7. The number of imidazole rings is 1. The van der Waals surface area contributed by atoms with E-state index in [-0.39, 0.29) is 29.6 Å². The van der Waals surface area contributed by atoms with E-state index in [0.29, 0.717) is 5.56 Å². The van der Waals surface area contributed by atoms with E-state index in [2.05, 4.69) is 20.3 Å². The molecule has 1 aliphatic rings. The number of benzene rings is 2. The quantitative estimate of drug-likeness (QED) is 0.348. The minimum atomic E-state index is -2.28. The highest BCUT2D eigenvalue weighted by atomic mass is 19.1. The van der Waals surface area contributed by atoms with Crippen molar-refractivity contribution in [3.8, 4) is 5.88 Å². The molecule has 0 bridgehead atoms. The molecule has 4 aromatic rings. The standard InChI is InChI=1S/C26H26FN5O5/c1-15(33)19-20(34)26(2,27)24(37-19)32-14-28-18-21(32)29-25(30-22(35)17-11-7-4-8-12-17)31-23(18)36-13-16-9-5-3-6-10-16/h3-12,14-15,19-20,24,33-34H,13H2,1-2H3,(H,29,30,31,35). The molecule has 2 aromatic carbocycles. The molecule has 5 atom stereocenters. The largest absolute Gasteiger partial charge is 0.471 e. The molecule has 1 amide bonds. The number of nitrogens with zero attached hydrogens (tertiary/aromatic N) is 4. The zero-order valence-corrected chi connectivity index (χ0v) is 20.2. The van der Waals surface area contributed by atoms with Gasteiger partial charge in [-0.25, -0.2) is 9.37 Å². The number of carbonyl (C=O) groups is 1. The number of hydrogen-bond acceptors (Lipinski definition) is 8. The van der Waals surface area contributed by atoms with Crippen molar-refractivity contribution in [1.82, 2.24) is 19.5 Å². The SMILES string of the molecule is CC(O)C1OC(n2cnc3c(OCc4ccccc4)nc(NC(=O)c4ccccc4)nc32)C(C)(F)C1O. The summed E-state index contributed by atoms with van der Waals surface area (Å²) in [6, 6.07) is 17.9. The van der Waals surface area contributed by atoms with Gasteiger partial charge in [-0.2, -0.15) is 9.97 Å². The third-order valence-corrected chi connectivity index (χ3v) is 6.26. The van der Waals surface area contributed by atoms with Crippen molar-refractivity contribution < 1.29 is 28.9 Å². The Morgan fingerprint density at radius 3 is 2.51 bits per heavy atom. The van der Waals surface area contributed by atoms with Crippen LogP contribution >= 0.6 is 0 Å². The molecule has 2 aromatic heterocycles. The molecule has 11 heteroatoms. The predicted octanol–water partition coefficient (Wildman–Crippen LogP) is 3.02. The first kappa shape index (κ1) is 24.8. The fraction of sp³-hybridized carbons (Fsp3) is 0.308. The van der Waals surface area contributed by atoms with Crippen molar-refractivity contribution in [2.75, 3.05) is 5.32 Å². The van der Waals surface area contributed by atoms with Gasteiger partial charge in [0.15, 0.2) is 23.1 Å². The Labute approximate surface area is 211 Å². The molecule has 192 valence electrons. The van der Waals surface area contributed by atoms with Gasteiger partial charge in [-0.05, 0) is 31.5 Å². The minimum Gasteiger partial charge on any atom is -0.471 e. The molecule has 0 spiro atoms. The molecule has 10 nitrogen and oxygen atoms in total. The number of rotatable bonds is 7. The summed E-state index contributed by atoms with van der Waals surface area (Å²) in [5.41, 5.74) is -0.679. The van der Waals surface area contributed by atoms with Crippen LogP contribution in [0.25, 0.3) is 11.2 Å². The van der Waals surface area contributed by atoms with Gasteiger partial charge in [-0.15, -0.1) is 0 Å². The summed E-state index contributed by atoms with van der Waals surface area (Å²) in [6.07, 6.45) is -3.93. The van der Waals surface area contributed by atoms with Crippen LogP contribution in [0.1, 0.15) is 36.0 Å². The number of alkyl halides is 1. The first-order valence-corrected chi connectivity index (χ1v) is 11.7.